The molecule has 0 fully saturated rings. The minimum absolute atomic E-state index is 0.167. The van der Waals surface area contributed by atoms with E-state index in [2.05, 4.69) is 9.47 Å². The molecule has 17 heavy (non-hydrogen) atoms. The van der Waals surface area contributed by atoms with Crippen LogP contribution in [-0.2, 0) is 32.3 Å². The van der Waals surface area contributed by atoms with E-state index in [0.717, 1.165) is 0 Å². The number of carbonyl (C=O) groups excluding carboxylic acids is 2. The van der Waals surface area contributed by atoms with Crippen molar-refractivity contribution in [3.63, 3.8) is 0 Å². The molecule has 1 aromatic heterocycles. The van der Waals surface area contributed by atoms with E-state index in [4.69, 9.17) is 0 Å². The van der Waals surface area contributed by atoms with Crippen molar-refractivity contribution in [3.8, 4) is 0 Å². The lowest BCUT2D eigenvalue weighted by Crippen LogP contribution is -2.34. The fourth-order valence-electron chi connectivity index (χ4n) is 1.15. The first-order chi connectivity index (χ1) is 8.00. The average molecular weight is 242 g/mol. The van der Waals surface area contributed by atoms with Crippen LogP contribution in [0.25, 0.3) is 0 Å². The number of esters is 2. The Labute approximate surface area is 97.7 Å². The molecule has 0 atom stereocenters. The van der Waals surface area contributed by atoms with Crippen LogP contribution in [0, 0.1) is 0 Å². The number of halogens is 1. The first kappa shape index (κ1) is 13.1. The second-order valence-electron chi connectivity index (χ2n) is 3.35. The maximum atomic E-state index is 13.7. The highest BCUT2D eigenvalue weighted by Gasteiger charge is 2.19. The van der Waals surface area contributed by atoms with Crippen LogP contribution in [-0.4, -0.2) is 11.9 Å². The van der Waals surface area contributed by atoms with Gasteiger partial charge in [-0.2, -0.15) is 0 Å². The van der Waals surface area contributed by atoms with Crippen molar-refractivity contribution < 1.29 is 28.3 Å². The van der Waals surface area contributed by atoms with Gasteiger partial charge in [0.05, 0.1) is 4.48 Å². The number of carbonyl (C=O) groups is 2. The molecule has 1 rings (SSSR count). The molecule has 1 heterocycles. The minimum atomic E-state index is -0.490. The molecule has 0 aliphatic heterocycles. The highest BCUT2D eigenvalue weighted by molar-refractivity contribution is 5.66. The van der Waals surface area contributed by atoms with Crippen molar-refractivity contribution in [2.24, 2.45) is 0 Å². The molecule has 0 saturated carbocycles. The van der Waals surface area contributed by atoms with Gasteiger partial charge in [-0.3, -0.25) is 9.59 Å². The lowest BCUT2D eigenvalue weighted by atomic mass is 10.3. The van der Waals surface area contributed by atoms with E-state index in [1.54, 1.807) is 6.07 Å². The predicted molar refractivity (Wildman–Crippen MR) is 54.1 cm³/mol. The smallest absolute Gasteiger partial charge is 0.303 e. The van der Waals surface area contributed by atoms with Crippen LogP contribution in [0.5, 0.6) is 0 Å². The molecule has 0 aliphatic carbocycles. The summed E-state index contributed by atoms with van der Waals surface area (Å²) in [6, 6.07) is 4.54. The maximum absolute atomic E-state index is 13.7. The third-order valence-corrected chi connectivity index (χ3v) is 1.93. The predicted octanol–water partition coefficient (Wildman–Crippen LogP) is 0.833. The summed E-state index contributed by atoms with van der Waals surface area (Å²) in [6.45, 7) is 2.15. The van der Waals surface area contributed by atoms with E-state index in [1.165, 1.54) is 26.0 Å². The highest BCUT2D eigenvalue weighted by atomic mass is 19.2. The number of aromatic nitrogens is 1. The zero-order valence-corrected chi connectivity index (χ0v) is 9.60. The molecule has 5 nitrogen and oxygen atoms in total. The Morgan fingerprint density at radius 1 is 1.12 bits per heavy atom. The third kappa shape index (κ3) is 4.18. The number of hydrogen-bond donors (Lipinski definition) is 0. The van der Waals surface area contributed by atoms with Crippen molar-refractivity contribution >= 4 is 11.9 Å². The van der Waals surface area contributed by atoms with Crippen LogP contribution in [0.3, 0.4) is 0 Å². The summed E-state index contributed by atoms with van der Waals surface area (Å²) < 4.78 is 23.1. The van der Waals surface area contributed by atoms with Crippen molar-refractivity contribution in [1.82, 2.24) is 0 Å². The molecule has 0 amide bonds. The molecule has 0 radical (unpaired) electrons. The lowest BCUT2D eigenvalue weighted by molar-refractivity contribution is -0.856. The van der Waals surface area contributed by atoms with E-state index in [-0.39, 0.29) is 24.6 Å². The molecule has 0 saturated heterocycles. The van der Waals surface area contributed by atoms with E-state index in [0.29, 0.717) is 4.79 Å². The average Bonchev–Trinajstić information content (AvgIpc) is 2.25. The molecule has 0 unspecified atom stereocenters. The minimum Gasteiger partial charge on any atom is -0.454 e. The number of pyridine rings is 1. The van der Waals surface area contributed by atoms with Gasteiger partial charge in [0.25, 0.3) is 11.4 Å². The Morgan fingerprint density at radius 3 is 1.88 bits per heavy atom. The Balaban J connectivity index is 2.76. The van der Waals surface area contributed by atoms with Crippen LogP contribution in [0.2, 0.25) is 0 Å². The van der Waals surface area contributed by atoms with Crippen LogP contribution >= 0.6 is 0 Å². The summed E-state index contributed by atoms with van der Waals surface area (Å²) in [6.07, 6.45) is 0. The number of nitrogens with zero attached hydrogens (tertiary/aromatic N) is 1. The SMILES string of the molecule is CC(=O)OCc1cccc(COC(C)=O)[n+]1F. The van der Waals surface area contributed by atoms with E-state index < -0.39 is 11.9 Å². The summed E-state index contributed by atoms with van der Waals surface area (Å²) in [5.41, 5.74) is 0.342. The fraction of sp³-hybridized carbons (Fsp3) is 0.364. The molecular weight excluding hydrogens is 229 g/mol. The number of ether oxygens (including phenoxy) is 2. The maximum Gasteiger partial charge on any atom is 0.303 e. The Morgan fingerprint density at radius 2 is 1.53 bits per heavy atom. The quantitative estimate of drug-likeness (QED) is 0.734. The van der Waals surface area contributed by atoms with E-state index in [1.807, 2.05) is 0 Å². The second kappa shape index (κ2) is 5.93. The Kier molecular flexibility index (Phi) is 4.56. The third-order valence-electron chi connectivity index (χ3n) is 1.93. The van der Waals surface area contributed by atoms with Crippen LogP contribution in [0.15, 0.2) is 18.2 Å². The van der Waals surface area contributed by atoms with Crippen LogP contribution in [0.4, 0.5) is 4.48 Å². The van der Waals surface area contributed by atoms with Crippen molar-refractivity contribution in [2.45, 2.75) is 27.1 Å². The normalized spacial score (nSPS) is 9.82. The molecule has 6 heteroatoms. The molecule has 0 aromatic carbocycles. The number of hydrogen-bond acceptors (Lipinski definition) is 4. The summed E-state index contributed by atoms with van der Waals surface area (Å²) in [7, 11) is 0. The fourth-order valence-corrected chi connectivity index (χ4v) is 1.15. The van der Waals surface area contributed by atoms with Gasteiger partial charge in [0.1, 0.15) is 0 Å². The molecule has 0 N–H and O–H groups in total. The van der Waals surface area contributed by atoms with Gasteiger partial charge in [-0.25, -0.2) is 0 Å². The van der Waals surface area contributed by atoms with Crippen LogP contribution < -0.4 is 4.79 Å². The Bertz CT molecular complexity index is 397. The molecular formula is C11H13FNO4+. The topological polar surface area (TPSA) is 56.5 Å². The van der Waals surface area contributed by atoms with Crippen molar-refractivity contribution in [1.29, 1.82) is 0 Å². The summed E-state index contributed by atoms with van der Waals surface area (Å²) in [5.74, 6) is -0.981. The highest BCUT2D eigenvalue weighted by Crippen LogP contribution is 2.02. The van der Waals surface area contributed by atoms with Gasteiger partial charge in [-0.15, -0.1) is 0 Å². The standard InChI is InChI=1S/C11H13FNO4/c1-8(14)16-6-10-4-3-5-11(13(10)12)7-17-9(2)15/h3-5H,6-7H2,1-2H3/q+1. The van der Waals surface area contributed by atoms with Crippen molar-refractivity contribution in [3.05, 3.63) is 29.6 Å². The summed E-state index contributed by atoms with van der Waals surface area (Å²) in [5, 5.41) is 0. The van der Waals surface area contributed by atoms with Gasteiger partial charge in [-0.05, 0) is 6.07 Å². The van der Waals surface area contributed by atoms with Crippen molar-refractivity contribution in [2.75, 3.05) is 0 Å². The Hall–Kier alpha value is -1.98. The van der Waals surface area contributed by atoms with Gasteiger partial charge in [0, 0.05) is 30.8 Å². The molecule has 0 bridgehead atoms. The van der Waals surface area contributed by atoms with Crippen LogP contribution in [0.1, 0.15) is 25.2 Å². The van der Waals surface area contributed by atoms with Gasteiger partial charge >= 0.3 is 11.9 Å². The lowest BCUT2D eigenvalue weighted by Gasteiger charge is -2.01. The van der Waals surface area contributed by atoms with Gasteiger partial charge in [-0.1, -0.05) is 0 Å². The molecule has 92 valence electrons. The zero-order valence-electron chi connectivity index (χ0n) is 9.60. The first-order valence-corrected chi connectivity index (χ1v) is 4.96. The van der Waals surface area contributed by atoms with Gasteiger partial charge < -0.3 is 9.47 Å². The molecule has 0 spiro atoms. The van der Waals surface area contributed by atoms with E-state index in [9.17, 15) is 14.1 Å². The zero-order chi connectivity index (χ0) is 12.8. The second-order valence-corrected chi connectivity index (χ2v) is 3.35. The summed E-state index contributed by atoms with van der Waals surface area (Å²) in [4.78, 5) is 21.5. The monoisotopic (exact) mass is 242 g/mol. The molecule has 0 aliphatic rings. The molecule has 1 aromatic rings. The summed E-state index contributed by atoms with van der Waals surface area (Å²) >= 11 is 0. The largest absolute Gasteiger partial charge is 0.454 e. The number of rotatable bonds is 4. The first-order valence-electron chi connectivity index (χ1n) is 4.96. The van der Waals surface area contributed by atoms with Gasteiger partial charge in [0.15, 0.2) is 13.2 Å². The van der Waals surface area contributed by atoms with Gasteiger partial charge in [0.2, 0.25) is 0 Å². The van der Waals surface area contributed by atoms with E-state index >= 15 is 0 Å².